The highest BCUT2D eigenvalue weighted by molar-refractivity contribution is 4.94. The Morgan fingerprint density at radius 2 is 1.60 bits per heavy atom. The summed E-state index contributed by atoms with van der Waals surface area (Å²) in [5, 5.41) is 3.66. The lowest BCUT2D eigenvalue weighted by Crippen LogP contribution is -2.51. The molecule has 1 aliphatic heterocycles. The van der Waals surface area contributed by atoms with Gasteiger partial charge in [-0.25, -0.2) is 0 Å². The fourth-order valence-corrected chi connectivity index (χ4v) is 4.80. The molecule has 2 unspecified atom stereocenters. The molecule has 2 fully saturated rings. The van der Waals surface area contributed by atoms with Gasteiger partial charge in [-0.3, -0.25) is 4.90 Å². The van der Waals surface area contributed by atoms with Gasteiger partial charge in [0.15, 0.2) is 0 Å². The zero-order valence-electron chi connectivity index (χ0n) is 14.6. The SMILES string of the molecule is CC1CNC(C)CCN(C2CC(C)(C)CC(C)(C)C2)C1. The monoisotopic (exact) mass is 280 g/mol. The van der Waals surface area contributed by atoms with Crippen LogP contribution in [0.15, 0.2) is 0 Å². The van der Waals surface area contributed by atoms with Gasteiger partial charge in [0.05, 0.1) is 0 Å². The van der Waals surface area contributed by atoms with Gasteiger partial charge in [-0.05, 0) is 62.4 Å². The molecule has 0 amide bonds. The first kappa shape index (κ1) is 16.3. The molecule has 2 nitrogen and oxygen atoms in total. The lowest BCUT2D eigenvalue weighted by atomic mass is 9.63. The van der Waals surface area contributed by atoms with E-state index in [-0.39, 0.29) is 0 Å². The lowest BCUT2D eigenvalue weighted by molar-refractivity contribution is 0.0142. The molecular weight excluding hydrogens is 244 g/mol. The topological polar surface area (TPSA) is 15.3 Å². The van der Waals surface area contributed by atoms with Crippen molar-refractivity contribution in [1.29, 1.82) is 0 Å². The predicted molar refractivity (Wildman–Crippen MR) is 88.0 cm³/mol. The Morgan fingerprint density at radius 1 is 1.00 bits per heavy atom. The minimum atomic E-state index is 0.502. The van der Waals surface area contributed by atoms with Gasteiger partial charge >= 0.3 is 0 Å². The van der Waals surface area contributed by atoms with E-state index in [2.05, 4.69) is 51.8 Å². The van der Waals surface area contributed by atoms with E-state index in [1.54, 1.807) is 0 Å². The second-order valence-electron chi connectivity index (χ2n) is 9.27. The lowest BCUT2D eigenvalue weighted by Gasteiger charge is -2.49. The second kappa shape index (κ2) is 5.96. The fraction of sp³-hybridized carbons (Fsp3) is 1.00. The molecule has 1 saturated heterocycles. The highest BCUT2D eigenvalue weighted by Gasteiger charge is 2.40. The van der Waals surface area contributed by atoms with Crippen molar-refractivity contribution >= 4 is 0 Å². The summed E-state index contributed by atoms with van der Waals surface area (Å²) in [4.78, 5) is 2.82. The minimum Gasteiger partial charge on any atom is -0.314 e. The van der Waals surface area contributed by atoms with Crippen LogP contribution < -0.4 is 5.32 Å². The van der Waals surface area contributed by atoms with Crippen molar-refractivity contribution in [2.45, 2.75) is 79.3 Å². The predicted octanol–water partition coefficient (Wildman–Crippen LogP) is 3.91. The van der Waals surface area contributed by atoms with Gasteiger partial charge in [-0.1, -0.05) is 34.6 Å². The first-order chi connectivity index (χ1) is 9.17. The molecule has 2 atom stereocenters. The van der Waals surface area contributed by atoms with Crippen LogP contribution >= 0.6 is 0 Å². The van der Waals surface area contributed by atoms with Crippen molar-refractivity contribution in [2.24, 2.45) is 16.7 Å². The van der Waals surface area contributed by atoms with Crippen LogP contribution in [0.4, 0.5) is 0 Å². The van der Waals surface area contributed by atoms with Crippen LogP contribution in [-0.4, -0.2) is 36.6 Å². The average Bonchev–Trinajstić information content (AvgIpc) is 2.25. The molecule has 1 heterocycles. The molecule has 0 aromatic carbocycles. The van der Waals surface area contributed by atoms with Gasteiger partial charge in [0.2, 0.25) is 0 Å². The highest BCUT2D eigenvalue weighted by atomic mass is 15.2. The van der Waals surface area contributed by atoms with E-state index < -0.39 is 0 Å². The largest absolute Gasteiger partial charge is 0.314 e. The van der Waals surface area contributed by atoms with Crippen LogP contribution in [-0.2, 0) is 0 Å². The normalized spacial score (nSPS) is 36.3. The third kappa shape index (κ3) is 4.46. The molecule has 0 bridgehead atoms. The van der Waals surface area contributed by atoms with Crippen molar-refractivity contribution in [1.82, 2.24) is 10.2 Å². The van der Waals surface area contributed by atoms with E-state index >= 15 is 0 Å². The molecule has 20 heavy (non-hydrogen) atoms. The van der Waals surface area contributed by atoms with Gasteiger partial charge in [-0.15, -0.1) is 0 Å². The molecular formula is C18H36N2. The fourth-order valence-electron chi connectivity index (χ4n) is 4.80. The summed E-state index contributed by atoms with van der Waals surface area (Å²) in [7, 11) is 0. The molecule has 2 rings (SSSR count). The van der Waals surface area contributed by atoms with Crippen molar-refractivity contribution in [3.05, 3.63) is 0 Å². The van der Waals surface area contributed by atoms with E-state index in [4.69, 9.17) is 0 Å². The van der Waals surface area contributed by atoms with E-state index in [1.807, 2.05) is 0 Å². The quantitative estimate of drug-likeness (QED) is 0.783. The summed E-state index contributed by atoms with van der Waals surface area (Å²) >= 11 is 0. The first-order valence-corrected chi connectivity index (χ1v) is 8.64. The van der Waals surface area contributed by atoms with E-state index in [0.717, 1.165) is 12.0 Å². The summed E-state index contributed by atoms with van der Waals surface area (Å²) < 4.78 is 0. The van der Waals surface area contributed by atoms with Crippen molar-refractivity contribution in [3.63, 3.8) is 0 Å². The third-order valence-corrected chi connectivity index (χ3v) is 5.26. The van der Waals surface area contributed by atoms with Gasteiger partial charge in [0, 0.05) is 18.6 Å². The zero-order chi connectivity index (χ0) is 15.0. The van der Waals surface area contributed by atoms with Crippen LogP contribution in [0.1, 0.15) is 67.2 Å². The van der Waals surface area contributed by atoms with Gasteiger partial charge in [0.25, 0.3) is 0 Å². The maximum absolute atomic E-state index is 3.66. The van der Waals surface area contributed by atoms with E-state index in [0.29, 0.717) is 16.9 Å². The second-order valence-corrected chi connectivity index (χ2v) is 9.27. The van der Waals surface area contributed by atoms with Crippen LogP contribution in [0.25, 0.3) is 0 Å². The summed E-state index contributed by atoms with van der Waals surface area (Å²) in [6.07, 6.45) is 5.43. The highest BCUT2D eigenvalue weighted by Crippen LogP contribution is 2.47. The summed E-state index contributed by atoms with van der Waals surface area (Å²) in [5.41, 5.74) is 1.00. The first-order valence-electron chi connectivity index (χ1n) is 8.64. The molecule has 1 aliphatic carbocycles. The molecule has 118 valence electrons. The Labute approximate surface area is 126 Å². The van der Waals surface area contributed by atoms with Crippen LogP contribution in [0.5, 0.6) is 0 Å². The molecule has 1 N–H and O–H groups in total. The molecule has 1 saturated carbocycles. The van der Waals surface area contributed by atoms with Gasteiger partial charge in [0.1, 0.15) is 0 Å². The third-order valence-electron chi connectivity index (χ3n) is 5.26. The maximum Gasteiger partial charge on any atom is 0.0106 e. The van der Waals surface area contributed by atoms with Crippen LogP contribution in [0.3, 0.4) is 0 Å². The Morgan fingerprint density at radius 3 is 2.20 bits per heavy atom. The molecule has 0 aromatic heterocycles. The smallest absolute Gasteiger partial charge is 0.0106 e. The summed E-state index contributed by atoms with van der Waals surface area (Å²) in [6.45, 7) is 18.3. The Bertz CT molecular complexity index is 305. The van der Waals surface area contributed by atoms with Crippen molar-refractivity contribution in [2.75, 3.05) is 19.6 Å². The summed E-state index contributed by atoms with van der Waals surface area (Å²) in [5.74, 6) is 0.769. The van der Waals surface area contributed by atoms with Crippen LogP contribution in [0.2, 0.25) is 0 Å². The number of hydrogen-bond acceptors (Lipinski definition) is 2. The molecule has 0 spiro atoms. The Balaban J connectivity index is 2.07. The Kier molecular flexibility index (Phi) is 4.86. The molecule has 2 heteroatoms. The Hall–Kier alpha value is -0.0800. The standard InChI is InChI=1S/C18H36N2/c1-14-11-19-15(2)7-8-20(12-14)16-9-17(3,4)13-18(5,6)10-16/h14-16,19H,7-13H2,1-6H3. The van der Waals surface area contributed by atoms with Gasteiger partial charge < -0.3 is 5.32 Å². The number of rotatable bonds is 1. The van der Waals surface area contributed by atoms with E-state index in [9.17, 15) is 0 Å². The van der Waals surface area contributed by atoms with Crippen LogP contribution in [0, 0.1) is 16.7 Å². The number of nitrogens with one attached hydrogen (secondary N) is 1. The maximum atomic E-state index is 3.66. The molecule has 0 radical (unpaired) electrons. The molecule has 0 aromatic rings. The van der Waals surface area contributed by atoms with E-state index in [1.165, 1.54) is 45.3 Å². The average molecular weight is 281 g/mol. The van der Waals surface area contributed by atoms with Gasteiger partial charge in [-0.2, -0.15) is 0 Å². The van der Waals surface area contributed by atoms with Crippen molar-refractivity contribution in [3.8, 4) is 0 Å². The minimum absolute atomic E-state index is 0.502. The summed E-state index contributed by atoms with van der Waals surface area (Å²) in [6, 6.07) is 1.46. The van der Waals surface area contributed by atoms with Crippen molar-refractivity contribution < 1.29 is 0 Å². The number of nitrogens with zero attached hydrogens (tertiary/aromatic N) is 1. The zero-order valence-corrected chi connectivity index (χ0v) is 14.6. The molecule has 2 aliphatic rings. The number of hydrogen-bond donors (Lipinski definition) is 1.